The highest BCUT2D eigenvalue weighted by Crippen LogP contribution is 2.33. The van der Waals surface area contributed by atoms with Crippen LogP contribution in [0.15, 0.2) is 89.3 Å². The summed E-state index contributed by atoms with van der Waals surface area (Å²) < 4.78 is 6.05. The van der Waals surface area contributed by atoms with Gasteiger partial charge in [0.2, 0.25) is 5.89 Å². The van der Waals surface area contributed by atoms with Crippen LogP contribution in [0, 0.1) is 6.92 Å². The van der Waals surface area contributed by atoms with Crippen molar-refractivity contribution in [1.82, 2.24) is 4.98 Å². The summed E-state index contributed by atoms with van der Waals surface area (Å²) in [6.07, 6.45) is 0. The number of hydrogen-bond donors (Lipinski definition) is 1. The van der Waals surface area contributed by atoms with Crippen molar-refractivity contribution < 1.29 is 9.21 Å². The number of nitrogens with zero attached hydrogens (tertiary/aromatic N) is 1. The molecule has 4 nitrogen and oxygen atoms in total. The second kappa shape index (κ2) is 6.91. The van der Waals surface area contributed by atoms with Gasteiger partial charge in [-0.1, -0.05) is 60.2 Å². The van der Waals surface area contributed by atoms with Crippen LogP contribution in [0.4, 0.5) is 5.69 Å². The molecule has 140 valence electrons. The predicted molar refractivity (Wildman–Crippen MR) is 116 cm³/mol. The second-order valence-electron chi connectivity index (χ2n) is 7.02. The van der Waals surface area contributed by atoms with E-state index in [4.69, 9.17) is 9.40 Å². The molecule has 0 spiro atoms. The Morgan fingerprint density at radius 2 is 1.72 bits per heavy atom. The molecule has 1 amide bonds. The lowest BCUT2D eigenvalue weighted by Gasteiger charge is -2.09. The molecule has 0 aliphatic rings. The highest BCUT2D eigenvalue weighted by atomic mass is 16.3. The van der Waals surface area contributed by atoms with Gasteiger partial charge in [0.1, 0.15) is 5.52 Å². The Morgan fingerprint density at radius 3 is 2.62 bits per heavy atom. The average Bonchev–Trinajstić information content (AvgIpc) is 3.19. The molecule has 29 heavy (non-hydrogen) atoms. The number of carbonyl (C=O) groups excluding carboxylic acids is 1. The minimum atomic E-state index is -0.164. The van der Waals surface area contributed by atoms with Crippen molar-refractivity contribution in [2.45, 2.75) is 6.92 Å². The highest BCUT2D eigenvalue weighted by Gasteiger charge is 2.16. The van der Waals surface area contributed by atoms with Gasteiger partial charge in [-0.15, -0.1) is 0 Å². The Kier molecular flexibility index (Phi) is 4.10. The molecule has 0 aliphatic carbocycles. The summed E-state index contributed by atoms with van der Waals surface area (Å²) in [5.74, 6) is 0.319. The minimum absolute atomic E-state index is 0.164. The number of aromatic nitrogens is 1. The van der Waals surface area contributed by atoms with Crippen LogP contribution < -0.4 is 5.32 Å². The van der Waals surface area contributed by atoms with Gasteiger partial charge in [0.05, 0.1) is 11.3 Å². The standard InChI is InChI=1S/C25H18N2O2/c1-16-7-6-9-18(15-16)24(28)26-21-12-5-4-11-20(21)25-27-23-19-10-3-2-8-17(19)13-14-22(23)29-25/h2-15H,1H3,(H,26,28). The molecule has 0 aliphatic heterocycles. The molecule has 0 saturated carbocycles. The van der Waals surface area contributed by atoms with Gasteiger partial charge in [-0.2, -0.15) is 0 Å². The molecule has 5 rings (SSSR count). The monoisotopic (exact) mass is 378 g/mol. The molecule has 0 radical (unpaired) electrons. The van der Waals surface area contributed by atoms with Crippen molar-refractivity contribution in [1.29, 1.82) is 0 Å². The van der Waals surface area contributed by atoms with Gasteiger partial charge in [-0.3, -0.25) is 4.79 Å². The van der Waals surface area contributed by atoms with Crippen molar-refractivity contribution in [2.24, 2.45) is 0 Å². The van der Waals surface area contributed by atoms with E-state index in [1.165, 1.54) is 0 Å². The fourth-order valence-corrected chi connectivity index (χ4v) is 3.54. The molecule has 1 N–H and O–H groups in total. The third kappa shape index (κ3) is 3.15. The van der Waals surface area contributed by atoms with Crippen LogP contribution in [0.25, 0.3) is 33.3 Å². The number of carbonyl (C=O) groups is 1. The van der Waals surface area contributed by atoms with Crippen LogP contribution in [0.3, 0.4) is 0 Å². The van der Waals surface area contributed by atoms with E-state index in [0.717, 1.165) is 33.0 Å². The zero-order valence-corrected chi connectivity index (χ0v) is 15.8. The van der Waals surface area contributed by atoms with Crippen molar-refractivity contribution in [3.63, 3.8) is 0 Å². The van der Waals surface area contributed by atoms with E-state index < -0.39 is 0 Å². The number of fused-ring (bicyclic) bond motifs is 3. The number of amides is 1. The molecule has 0 saturated heterocycles. The van der Waals surface area contributed by atoms with Crippen molar-refractivity contribution in [3.8, 4) is 11.5 Å². The maximum atomic E-state index is 12.7. The Morgan fingerprint density at radius 1 is 0.897 bits per heavy atom. The lowest BCUT2D eigenvalue weighted by atomic mass is 10.1. The minimum Gasteiger partial charge on any atom is -0.436 e. The molecule has 1 aromatic heterocycles. The summed E-state index contributed by atoms with van der Waals surface area (Å²) in [5.41, 5.74) is 4.60. The van der Waals surface area contributed by atoms with E-state index >= 15 is 0 Å². The molecular formula is C25H18N2O2. The van der Waals surface area contributed by atoms with Crippen LogP contribution in [-0.2, 0) is 0 Å². The van der Waals surface area contributed by atoms with Gasteiger partial charge in [0.25, 0.3) is 5.91 Å². The zero-order chi connectivity index (χ0) is 19.8. The van der Waals surface area contributed by atoms with E-state index in [1.807, 2.05) is 79.7 Å². The summed E-state index contributed by atoms with van der Waals surface area (Å²) in [5, 5.41) is 5.15. The first-order chi connectivity index (χ1) is 14.2. The lowest BCUT2D eigenvalue weighted by Crippen LogP contribution is -2.12. The first-order valence-corrected chi connectivity index (χ1v) is 9.45. The van der Waals surface area contributed by atoms with E-state index in [2.05, 4.69) is 11.4 Å². The van der Waals surface area contributed by atoms with Crippen LogP contribution in [-0.4, -0.2) is 10.9 Å². The SMILES string of the molecule is Cc1cccc(C(=O)Nc2ccccc2-c2nc3c(ccc4ccccc43)o2)c1. The summed E-state index contributed by atoms with van der Waals surface area (Å²) >= 11 is 0. The lowest BCUT2D eigenvalue weighted by molar-refractivity contribution is 0.102. The number of anilines is 1. The van der Waals surface area contributed by atoms with Crippen LogP contribution in [0.5, 0.6) is 0 Å². The fraction of sp³-hybridized carbons (Fsp3) is 0.0400. The van der Waals surface area contributed by atoms with E-state index in [-0.39, 0.29) is 5.91 Å². The number of benzene rings is 4. The maximum absolute atomic E-state index is 12.7. The first kappa shape index (κ1) is 17.2. The average molecular weight is 378 g/mol. The number of nitrogens with one attached hydrogen (secondary N) is 1. The molecule has 1 heterocycles. The number of oxazole rings is 1. The summed E-state index contributed by atoms with van der Waals surface area (Å²) in [6.45, 7) is 1.97. The molecule has 4 heteroatoms. The Balaban J connectivity index is 1.57. The predicted octanol–water partition coefficient (Wildman–Crippen LogP) is 6.21. The van der Waals surface area contributed by atoms with Crippen molar-refractivity contribution in [2.75, 3.05) is 5.32 Å². The van der Waals surface area contributed by atoms with E-state index in [1.54, 1.807) is 6.07 Å². The third-order valence-corrected chi connectivity index (χ3v) is 4.97. The van der Waals surface area contributed by atoms with Crippen LogP contribution >= 0.6 is 0 Å². The Labute approximate surface area is 167 Å². The number of hydrogen-bond acceptors (Lipinski definition) is 3. The number of rotatable bonds is 3. The van der Waals surface area contributed by atoms with E-state index in [0.29, 0.717) is 17.1 Å². The molecule has 0 bridgehead atoms. The van der Waals surface area contributed by atoms with Gasteiger partial charge >= 0.3 is 0 Å². The molecule has 5 aromatic rings. The zero-order valence-electron chi connectivity index (χ0n) is 15.8. The van der Waals surface area contributed by atoms with Crippen molar-refractivity contribution >= 4 is 33.5 Å². The quantitative estimate of drug-likeness (QED) is 0.406. The smallest absolute Gasteiger partial charge is 0.255 e. The normalized spacial score (nSPS) is 11.1. The highest BCUT2D eigenvalue weighted by molar-refractivity contribution is 6.07. The maximum Gasteiger partial charge on any atom is 0.255 e. The number of para-hydroxylation sites is 1. The van der Waals surface area contributed by atoms with Gasteiger partial charge in [0, 0.05) is 10.9 Å². The molecule has 4 aromatic carbocycles. The van der Waals surface area contributed by atoms with Gasteiger partial charge in [0.15, 0.2) is 5.58 Å². The summed E-state index contributed by atoms with van der Waals surface area (Å²) in [7, 11) is 0. The molecular weight excluding hydrogens is 360 g/mol. The Hall–Kier alpha value is -3.92. The second-order valence-corrected chi connectivity index (χ2v) is 7.02. The summed E-state index contributed by atoms with van der Waals surface area (Å²) in [6, 6.07) is 27.1. The van der Waals surface area contributed by atoms with E-state index in [9.17, 15) is 4.79 Å². The largest absolute Gasteiger partial charge is 0.436 e. The fourth-order valence-electron chi connectivity index (χ4n) is 3.54. The Bertz CT molecular complexity index is 1370. The molecule has 0 atom stereocenters. The molecule has 0 fully saturated rings. The van der Waals surface area contributed by atoms with Crippen LogP contribution in [0.2, 0.25) is 0 Å². The van der Waals surface area contributed by atoms with Gasteiger partial charge < -0.3 is 9.73 Å². The third-order valence-electron chi connectivity index (χ3n) is 4.97. The van der Waals surface area contributed by atoms with Crippen LogP contribution in [0.1, 0.15) is 15.9 Å². The topological polar surface area (TPSA) is 55.1 Å². The van der Waals surface area contributed by atoms with Gasteiger partial charge in [-0.25, -0.2) is 4.98 Å². The van der Waals surface area contributed by atoms with Crippen molar-refractivity contribution in [3.05, 3.63) is 96.1 Å². The van der Waals surface area contributed by atoms with Gasteiger partial charge in [-0.05, 0) is 42.6 Å². The number of aryl methyl sites for hydroxylation is 1. The summed E-state index contributed by atoms with van der Waals surface area (Å²) in [4.78, 5) is 17.5. The molecule has 0 unspecified atom stereocenters. The first-order valence-electron chi connectivity index (χ1n) is 9.45.